The summed E-state index contributed by atoms with van der Waals surface area (Å²) in [6.45, 7) is 65.5. The van der Waals surface area contributed by atoms with Gasteiger partial charge in [0.2, 0.25) is 0 Å². The Kier molecular flexibility index (Phi) is 68.9. The number of hydrogen-bond acceptors (Lipinski definition) is 6. The zero-order valence-electron chi connectivity index (χ0n) is 49.7. The maximum Gasteiger partial charge on any atom is 2.00 e. The van der Waals surface area contributed by atoms with Gasteiger partial charge in [0.05, 0.1) is 36.6 Å². The van der Waals surface area contributed by atoms with E-state index in [1.54, 1.807) is 36.5 Å². The first-order valence-electron chi connectivity index (χ1n) is 22.3. The van der Waals surface area contributed by atoms with Crippen LogP contribution in [0, 0.1) is 56.4 Å². The van der Waals surface area contributed by atoms with Gasteiger partial charge in [-0.2, -0.15) is 0 Å². The Morgan fingerprint density at radius 1 is 0.324 bits per heavy atom. The molecule has 7 unspecified atom stereocenters. The molecule has 0 spiro atoms. The maximum atomic E-state index is 6.31. The number of allylic oxidation sites excluding steroid dienone is 6. The third-order valence-electron chi connectivity index (χ3n) is 8.42. The number of hydrogen-bond donors (Lipinski definition) is 0. The van der Waals surface area contributed by atoms with Gasteiger partial charge in [-0.1, -0.05) is 89.8 Å². The van der Waals surface area contributed by atoms with Crippen molar-refractivity contribution in [3.8, 4) is 0 Å². The van der Waals surface area contributed by atoms with Crippen molar-refractivity contribution in [1.29, 1.82) is 0 Å². The molecule has 0 saturated heterocycles. The van der Waals surface area contributed by atoms with Crippen LogP contribution in [0.1, 0.15) is 58.8 Å². The second kappa shape index (κ2) is 47.7. The summed E-state index contributed by atoms with van der Waals surface area (Å²) >= 11 is 0. The normalized spacial score (nSPS) is 22.2. The van der Waals surface area contributed by atoms with Crippen LogP contribution in [-0.4, -0.2) is 86.5 Å². The standard InChI is InChI=1S/2C12H28O2Si2.C11H26O2Si2.3C4H6.6CH3.3Co/c1-10-8-11(13-15(2,3)4)12(9-10)14-16(5,6)7;1-10-8-9-11(13-15(2,3)4)12(10)14-16(5,6)7;1-14(2,3)12-10-8-7-9-11(10)13-15(4,5)6;3*1-3-4-2;;;;;;;;;/h2*10-12H,8-9H2,1-7H3;10-11H,7-9H2,1-6H3;3*3-4H,1-2H2;6*1H3;;;/q;;;;;;6*-1;3*+2. The van der Waals surface area contributed by atoms with Crippen molar-refractivity contribution < 1.29 is 76.9 Å². The van der Waals surface area contributed by atoms with E-state index in [9.17, 15) is 0 Å². The van der Waals surface area contributed by atoms with Crippen molar-refractivity contribution in [2.45, 2.75) is 213 Å². The molecule has 0 bridgehead atoms. The SMILES string of the molecule is C=CC=C.C=CC=C.C=CC=C.CC1CC(O[Si](C)(C)C)C(O[Si](C)(C)C)C1.CC1CCC(O[Si](C)(C)C)C1O[Si](C)(C)C.C[Si](C)(C)OC1CCCC1O[Si](C)(C)C.[CH3-].[CH3-].[CH3-].[CH3-].[CH3-].[CH3-].[Co+2].[Co+2].[Co+2]. The molecule has 0 heterocycles. The molecule has 3 saturated carbocycles. The third kappa shape index (κ3) is 61.3. The van der Waals surface area contributed by atoms with E-state index in [2.05, 4.69) is 171 Å². The fourth-order valence-corrected chi connectivity index (χ4v) is 13.8. The van der Waals surface area contributed by atoms with Crippen LogP contribution in [0.5, 0.6) is 0 Å². The van der Waals surface area contributed by atoms with Gasteiger partial charge < -0.3 is 71.1 Å². The van der Waals surface area contributed by atoms with Gasteiger partial charge in [0, 0.05) is 0 Å². The third-order valence-corrected chi connectivity index (χ3v) is 14.5. The fraction of sp³-hybridized carbons (Fsp3) is 0.660. The van der Waals surface area contributed by atoms with Crippen molar-refractivity contribution in [2.24, 2.45) is 11.8 Å². The van der Waals surface area contributed by atoms with Crippen LogP contribution in [0.4, 0.5) is 0 Å². The molecule has 3 aliphatic rings. The first-order valence-corrected chi connectivity index (χ1v) is 42.8. The largest absolute Gasteiger partial charge is 2.00 e. The van der Waals surface area contributed by atoms with E-state index in [1.807, 2.05) is 0 Å². The Labute approximate surface area is 468 Å². The van der Waals surface area contributed by atoms with Gasteiger partial charge in [-0.05, 0) is 175 Å². The minimum atomic E-state index is -1.45. The van der Waals surface area contributed by atoms with E-state index in [0.717, 1.165) is 5.92 Å². The fourth-order valence-electron chi connectivity index (χ4n) is 6.72. The molecule has 0 N–H and O–H groups in total. The molecule has 15 heteroatoms. The molecular formula is C53H118Co3O6Si6. The molecule has 7 atom stereocenters. The van der Waals surface area contributed by atoms with E-state index in [0.29, 0.717) is 42.5 Å². The topological polar surface area (TPSA) is 55.4 Å². The van der Waals surface area contributed by atoms with Crippen LogP contribution in [0.25, 0.3) is 0 Å². The summed E-state index contributed by atoms with van der Waals surface area (Å²) in [4.78, 5) is 0. The van der Waals surface area contributed by atoms with Crippen molar-refractivity contribution >= 4 is 49.9 Å². The molecule has 3 fully saturated rings. The predicted molar refractivity (Wildman–Crippen MR) is 320 cm³/mol. The van der Waals surface area contributed by atoms with Crippen LogP contribution >= 0.6 is 0 Å². The van der Waals surface area contributed by atoms with Gasteiger partial charge in [-0.15, -0.1) is 0 Å². The van der Waals surface area contributed by atoms with Gasteiger partial charge >= 0.3 is 50.3 Å². The van der Waals surface area contributed by atoms with E-state index in [-0.39, 0.29) is 94.9 Å². The van der Waals surface area contributed by atoms with Crippen molar-refractivity contribution in [1.82, 2.24) is 0 Å². The minimum absolute atomic E-state index is 0. The van der Waals surface area contributed by atoms with Crippen molar-refractivity contribution in [3.05, 3.63) is 120 Å². The van der Waals surface area contributed by atoms with Gasteiger partial charge in [-0.25, -0.2) is 0 Å². The van der Waals surface area contributed by atoms with E-state index < -0.39 is 49.9 Å². The van der Waals surface area contributed by atoms with Gasteiger partial charge in [0.15, 0.2) is 49.9 Å². The Bertz CT molecular complexity index is 1080. The van der Waals surface area contributed by atoms with Gasteiger partial charge in [0.25, 0.3) is 0 Å². The Morgan fingerprint density at radius 2 is 0.544 bits per heavy atom. The molecule has 0 aromatic carbocycles. The summed E-state index contributed by atoms with van der Waals surface area (Å²) in [7, 11) is -8.55. The number of rotatable bonds is 15. The van der Waals surface area contributed by atoms with Crippen LogP contribution < -0.4 is 0 Å². The van der Waals surface area contributed by atoms with Crippen LogP contribution in [0.3, 0.4) is 0 Å². The summed E-state index contributed by atoms with van der Waals surface area (Å²) in [5.74, 6) is 1.41. The second-order valence-electron chi connectivity index (χ2n) is 22.0. The van der Waals surface area contributed by atoms with Crippen molar-refractivity contribution in [3.63, 3.8) is 0 Å². The quantitative estimate of drug-likeness (QED) is 0.0925. The molecule has 6 nitrogen and oxygen atoms in total. The first-order chi connectivity index (χ1) is 26.6. The molecular weight excluding hydrogens is 1080 g/mol. The van der Waals surface area contributed by atoms with E-state index in [1.165, 1.54) is 44.9 Å². The summed E-state index contributed by atoms with van der Waals surface area (Å²) < 4.78 is 37.5. The molecule has 0 amide bonds. The van der Waals surface area contributed by atoms with Gasteiger partial charge in [0.1, 0.15) is 0 Å². The van der Waals surface area contributed by atoms with Crippen LogP contribution in [-0.2, 0) is 76.9 Å². The molecule has 0 aromatic heterocycles. The summed E-state index contributed by atoms with van der Waals surface area (Å²) in [6.07, 6.45) is 20.5. The zero-order chi connectivity index (χ0) is 47.1. The summed E-state index contributed by atoms with van der Waals surface area (Å²) in [6, 6.07) is 0. The van der Waals surface area contributed by atoms with Crippen LogP contribution in [0.15, 0.2) is 75.9 Å². The average Bonchev–Trinajstić information content (AvgIpc) is 3.71. The molecule has 3 radical (unpaired) electrons. The maximum absolute atomic E-state index is 6.31. The molecule has 417 valence electrons. The van der Waals surface area contributed by atoms with Crippen molar-refractivity contribution in [2.75, 3.05) is 0 Å². The molecule has 3 aliphatic carbocycles. The predicted octanol–water partition coefficient (Wildman–Crippen LogP) is 18.1. The summed E-state index contributed by atoms with van der Waals surface area (Å²) in [5.41, 5.74) is 0. The second-order valence-corrected chi connectivity index (χ2v) is 48.8. The smallest absolute Gasteiger partial charge is 0.412 e. The Morgan fingerprint density at radius 3 is 0.765 bits per heavy atom. The van der Waals surface area contributed by atoms with Gasteiger partial charge in [-0.3, -0.25) is 0 Å². The summed E-state index contributed by atoms with van der Waals surface area (Å²) in [5, 5.41) is 0. The first kappa shape index (κ1) is 98.2. The minimum Gasteiger partial charge on any atom is -0.412 e. The Hall–Kier alpha value is 1.02. The van der Waals surface area contributed by atoms with E-state index >= 15 is 0 Å². The zero-order valence-corrected chi connectivity index (χ0v) is 58.8. The molecule has 0 aromatic rings. The average molecular weight is 1200 g/mol. The van der Waals surface area contributed by atoms with Crippen LogP contribution in [0.2, 0.25) is 118 Å². The molecule has 0 aliphatic heterocycles. The molecule has 68 heavy (non-hydrogen) atoms. The van der Waals surface area contributed by atoms with E-state index in [4.69, 9.17) is 26.6 Å². The monoisotopic (exact) mass is 1200 g/mol. The molecule has 3 rings (SSSR count). The Balaban J connectivity index is -0.0000000582.